The molecule has 0 amide bonds. The van der Waals surface area contributed by atoms with E-state index in [9.17, 15) is 0 Å². The molecule has 0 N–H and O–H groups in total. The van der Waals surface area contributed by atoms with Gasteiger partial charge in [0.25, 0.3) is 0 Å². The molecule has 3 aromatic heterocycles. The molecule has 1 aliphatic carbocycles. The molecule has 1 aliphatic heterocycles. The molecule has 0 bridgehead atoms. The standard InChI is InChI=1S/C44H48BNO4/c1-40(2,3)25-16-17-32-28(20-25)38-33(46(32)34-24-47-36-22-30-29(21-27(34)36)41(4,5)18-19-42(30,6)7)23-31(45-49-43(8,9)44(10,11)50-45)37-26-14-12-13-15-35(26)48-39(37)38/h12-17,20-24H,18-19H2,1-11H3. The Morgan fingerprint density at radius 2 is 1.32 bits per heavy atom. The van der Waals surface area contributed by atoms with E-state index >= 15 is 0 Å². The van der Waals surface area contributed by atoms with Gasteiger partial charge in [0.15, 0.2) is 0 Å². The second-order valence-electron chi connectivity index (χ2n) is 18.4. The van der Waals surface area contributed by atoms with Crippen LogP contribution in [-0.2, 0) is 25.6 Å². The third kappa shape index (κ3) is 4.34. The van der Waals surface area contributed by atoms with Crippen molar-refractivity contribution in [2.75, 3.05) is 0 Å². The van der Waals surface area contributed by atoms with E-state index in [1.807, 2.05) is 12.3 Å². The molecule has 1 fully saturated rings. The van der Waals surface area contributed by atoms with Crippen LogP contribution < -0.4 is 5.46 Å². The zero-order valence-electron chi connectivity index (χ0n) is 31.4. The van der Waals surface area contributed by atoms with Gasteiger partial charge in [0.2, 0.25) is 0 Å². The summed E-state index contributed by atoms with van der Waals surface area (Å²) in [5.41, 5.74) is 10.0. The van der Waals surface area contributed by atoms with Crippen molar-refractivity contribution in [2.45, 2.75) is 116 Å². The molecule has 9 rings (SSSR count). The number of nitrogens with zero attached hydrogens (tertiary/aromatic N) is 1. The van der Waals surface area contributed by atoms with Crippen LogP contribution in [0, 0.1) is 0 Å². The van der Waals surface area contributed by atoms with Gasteiger partial charge in [-0.2, -0.15) is 0 Å². The normalized spacial score (nSPS) is 19.8. The van der Waals surface area contributed by atoms with E-state index in [0.717, 1.165) is 78.7 Å². The third-order valence-corrected chi connectivity index (χ3v) is 12.5. The maximum absolute atomic E-state index is 6.90. The highest BCUT2D eigenvalue weighted by Gasteiger charge is 2.52. The van der Waals surface area contributed by atoms with Gasteiger partial charge < -0.3 is 22.7 Å². The van der Waals surface area contributed by atoms with Gasteiger partial charge in [-0.3, -0.25) is 0 Å². The predicted molar refractivity (Wildman–Crippen MR) is 208 cm³/mol. The molecule has 6 heteroatoms. The number of aromatic nitrogens is 1. The molecule has 7 aromatic rings. The number of fused-ring (bicyclic) bond motifs is 9. The molecule has 0 radical (unpaired) electrons. The monoisotopic (exact) mass is 665 g/mol. The van der Waals surface area contributed by atoms with Crippen LogP contribution in [0.2, 0.25) is 0 Å². The van der Waals surface area contributed by atoms with Gasteiger partial charge in [0, 0.05) is 21.5 Å². The Morgan fingerprint density at radius 1 is 0.660 bits per heavy atom. The van der Waals surface area contributed by atoms with Crippen LogP contribution >= 0.6 is 0 Å². The second kappa shape index (κ2) is 9.86. The molecular formula is C44H48BNO4. The summed E-state index contributed by atoms with van der Waals surface area (Å²) in [6.07, 6.45) is 4.26. The first-order valence-corrected chi connectivity index (χ1v) is 18.2. The van der Waals surface area contributed by atoms with Crippen LogP contribution in [0.15, 0.2) is 75.8 Å². The van der Waals surface area contributed by atoms with Crippen molar-refractivity contribution in [1.82, 2.24) is 4.57 Å². The fourth-order valence-corrected chi connectivity index (χ4v) is 8.54. The fourth-order valence-electron chi connectivity index (χ4n) is 8.54. The first-order chi connectivity index (χ1) is 23.4. The van der Waals surface area contributed by atoms with E-state index in [2.05, 4.69) is 135 Å². The number of benzene rings is 4. The molecule has 256 valence electrons. The minimum Gasteiger partial charge on any atom is -0.462 e. The lowest BCUT2D eigenvalue weighted by molar-refractivity contribution is 0.00578. The summed E-state index contributed by atoms with van der Waals surface area (Å²) in [5.74, 6) is 0. The Bertz CT molecular complexity index is 2530. The number of hydrogen-bond donors (Lipinski definition) is 0. The molecule has 2 aliphatic rings. The van der Waals surface area contributed by atoms with E-state index in [1.165, 1.54) is 16.7 Å². The second-order valence-corrected chi connectivity index (χ2v) is 18.4. The summed E-state index contributed by atoms with van der Waals surface area (Å²) < 4.78 is 29.3. The van der Waals surface area contributed by atoms with Crippen molar-refractivity contribution >= 4 is 67.3 Å². The lowest BCUT2D eigenvalue weighted by Crippen LogP contribution is -2.41. The summed E-state index contributed by atoms with van der Waals surface area (Å²) in [6, 6.07) is 22.3. The molecule has 0 unspecified atom stereocenters. The van der Waals surface area contributed by atoms with Gasteiger partial charge in [-0.15, -0.1) is 0 Å². The van der Waals surface area contributed by atoms with Crippen molar-refractivity contribution < 1.29 is 18.1 Å². The number of hydrogen-bond acceptors (Lipinski definition) is 4. The van der Waals surface area contributed by atoms with Gasteiger partial charge in [-0.25, -0.2) is 0 Å². The summed E-state index contributed by atoms with van der Waals surface area (Å²) >= 11 is 0. The lowest BCUT2D eigenvalue weighted by Gasteiger charge is -2.41. The van der Waals surface area contributed by atoms with Crippen molar-refractivity contribution in [3.8, 4) is 5.69 Å². The molecule has 4 heterocycles. The highest BCUT2D eigenvalue weighted by molar-refractivity contribution is 6.66. The van der Waals surface area contributed by atoms with Crippen LogP contribution in [0.5, 0.6) is 0 Å². The Morgan fingerprint density at radius 3 is 2.00 bits per heavy atom. The average Bonchev–Trinajstić information content (AvgIpc) is 3.76. The molecule has 4 aromatic carbocycles. The summed E-state index contributed by atoms with van der Waals surface area (Å²) in [7, 11) is -0.569. The van der Waals surface area contributed by atoms with Crippen LogP contribution in [0.25, 0.3) is 60.4 Å². The van der Waals surface area contributed by atoms with E-state index < -0.39 is 18.3 Å². The summed E-state index contributed by atoms with van der Waals surface area (Å²) in [5, 5.41) is 5.47. The first-order valence-electron chi connectivity index (χ1n) is 18.2. The Hall–Kier alpha value is -4.00. The zero-order valence-corrected chi connectivity index (χ0v) is 31.4. The van der Waals surface area contributed by atoms with Crippen LogP contribution in [-0.4, -0.2) is 22.9 Å². The molecule has 50 heavy (non-hydrogen) atoms. The Kier molecular flexibility index (Phi) is 6.30. The average molecular weight is 666 g/mol. The molecule has 0 atom stereocenters. The van der Waals surface area contributed by atoms with Crippen molar-refractivity contribution in [3.05, 3.63) is 83.6 Å². The molecular weight excluding hydrogens is 617 g/mol. The van der Waals surface area contributed by atoms with Gasteiger partial charge >= 0.3 is 7.12 Å². The first kappa shape index (κ1) is 31.9. The smallest absolute Gasteiger partial charge is 0.462 e. The van der Waals surface area contributed by atoms with E-state index in [1.54, 1.807) is 0 Å². The molecule has 0 spiro atoms. The molecule has 0 saturated carbocycles. The van der Waals surface area contributed by atoms with Crippen molar-refractivity contribution in [1.29, 1.82) is 0 Å². The number of rotatable bonds is 2. The molecule has 1 saturated heterocycles. The van der Waals surface area contributed by atoms with E-state index in [4.69, 9.17) is 18.1 Å². The lowest BCUT2D eigenvalue weighted by atomic mass is 9.63. The van der Waals surface area contributed by atoms with E-state index in [-0.39, 0.29) is 16.2 Å². The van der Waals surface area contributed by atoms with Gasteiger partial charge in [0.1, 0.15) is 23.0 Å². The largest absolute Gasteiger partial charge is 0.495 e. The minimum atomic E-state index is -0.569. The van der Waals surface area contributed by atoms with E-state index in [0.29, 0.717) is 0 Å². The topological polar surface area (TPSA) is 49.7 Å². The SMILES string of the molecule is CC(C)(C)c1ccc2c(c1)c1c3oc4ccccc4c3c(B3OC(C)(C)C(C)(C)O3)cc1n2-c1coc2cc3c(cc12)C(C)(C)CCC3(C)C. The van der Waals surface area contributed by atoms with Crippen molar-refractivity contribution in [2.24, 2.45) is 0 Å². The Balaban J connectivity index is 1.43. The highest BCUT2D eigenvalue weighted by atomic mass is 16.7. The summed E-state index contributed by atoms with van der Waals surface area (Å²) in [6.45, 7) is 24.8. The number of para-hydroxylation sites is 1. The van der Waals surface area contributed by atoms with Gasteiger partial charge in [-0.1, -0.05) is 72.7 Å². The maximum Gasteiger partial charge on any atom is 0.495 e. The fraction of sp³-hybridized carbons (Fsp3) is 0.409. The van der Waals surface area contributed by atoms with Crippen LogP contribution in [0.4, 0.5) is 0 Å². The Labute approximate surface area is 295 Å². The van der Waals surface area contributed by atoms with Crippen molar-refractivity contribution in [3.63, 3.8) is 0 Å². The predicted octanol–water partition coefficient (Wildman–Crippen LogP) is 11.4. The minimum absolute atomic E-state index is 0.0297. The van der Waals surface area contributed by atoms with Gasteiger partial charge in [-0.05, 0) is 115 Å². The quantitative estimate of drug-likeness (QED) is 0.173. The summed E-state index contributed by atoms with van der Waals surface area (Å²) in [4.78, 5) is 0. The van der Waals surface area contributed by atoms with Gasteiger partial charge in [0.05, 0.1) is 33.3 Å². The number of furan rings is 2. The van der Waals surface area contributed by atoms with Crippen LogP contribution in [0.1, 0.15) is 106 Å². The maximum atomic E-state index is 6.90. The molecule has 5 nitrogen and oxygen atoms in total. The van der Waals surface area contributed by atoms with Crippen LogP contribution in [0.3, 0.4) is 0 Å². The third-order valence-electron chi connectivity index (χ3n) is 12.5. The zero-order chi connectivity index (χ0) is 35.3. The highest BCUT2D eigenvalue weighted by Crippen LogP contribution is 2.49.